The summed E-state index contributed by atoms with van der Waals surface area (Å²) in [4.78, 5) is 39.9. The molecule has 5 rings (SSSR count). The van der Waals surface area contributed by atoms with E-state index in [1.54, 1.807) is 42.9 Å². The van der Waals surface area contributed by atoms with Gasteiger partial charge in [0.1, 0.15) is 16.6 Å². The first kappa shape index (κ1) is 32.2. The molecule has 0 spiro atoms. The van der Waals surface area contributed by atoms with E-state index in [2.05, 4.69) is 20.8 Å². The van der Waals surface area contributed by atoms with Crippen LogP contribution in [0.4, 0.5) is 9.39 Å². The molecule has 2 aromatic carbocycles. The second-order valence-electron chi connectivity index (χ2n) is 10.3. The smallest absolute Gasteiger partial charge is 0.341 e. The zero-order chi connectivity index (χ0) is 31.8. The van der Waals surface area contributed by atoms with E-state index < -0.39 is 11.8 Å². The quantitative estimate of drug-likeness (QED) is 0.117. The van der Waals surface area contributed by atoms with Crippen molar-refractivity contribution in [3.8, 4) is 11.4 Å². The van der Waals surface area contributed by atoms with Crippen molar-refractivity contribution < 1.29 is 28.2 Å². The van der Waals surface area contributed by atoms with Crippen molar-refractivity contribution in [3.63, 3.8) is 0 Å². The first-order valence-corrected chi connectivity index (χ1v) is 16.5. The maximum absolute atomic E-state index is 13.7. The summed E-state index contributed by atoms with van der Waals surface area (Å²) < 4.78 is 25.9. The van der Waals surface area contributed by atoms with Gasteiger partial charge in [0.05, 0.1) is 38.0 Å². The van der Waals surface area contributed by atoms with Gasteiger partial charge in [-0.3, -0.25) is 14.2 Å². The fourth-order valence-corrected chi connectivity index (χ4v) is 7.13. The molecule has 10 nitrogen and oxygen atoms in total. The largest absolute Gasteiger partial charge is 0.497 e. The van der Waals surface area contributed by atoms with Gasteiger partial charge in [-0.2, -0.15) is 0 Å². The summed E-state index contributed by atoms with van der Waals surface area (Å²) in [7, 11) is 1.58. The Morgan fingerprint density at radius 2 is 1.76 bits per heavy atom. The predicted octanol–water partition coefficient (Wildman–Crippen LogP) is 5.51. The van der Waals surface area contributed by atoms with Gasteiger partial charge in [0, 0.05) is 10.6 Å². The first-order chi connectivity index (χ1) is 21.9. The molecule has 0 saturated heterocycles. The minimum atomic E-state index is -0.422. The average Bonchev–Trinajstić information content (AvgIpc) is 3.51. The van der Waals surface area contributed by atoms with E-state index in [9.17, 15) is 18.8 Å². The second-order valence-corrected chi connectivity index (χ2v) is 12.4. The number of hydrogen-bond acceptors (Lipinski definition) is 9. The van der Waals surface area contributed by atoms with E-state index in [1.807, 2.05) is 12.1 Å². The molecule has 2 aromatic heterocycles. The molecule has 0 atom stereocenters. The topological polar surface area (TPSA) is 124 Å². The van der Waals surface area contributed by atoms with E-state index in [0.717, 1.165) is 59.9 Å². The fraction of sp³-hybridized carbons (Fsp3) is 0.344. The van der Waals surface area contributed by atoms with Gasteiger partial charge in [0.2, 0.25) is 11.8 Å². The number of aromatic nitrogens is 3. The summed E-state index contributed by atoms with van der Waals surface area (Å²) in [5.74, 6) is -0.252. The van der Waals surface area contributed by atoms with E-state index in [1.165, 1.54) is 23.5 Å². The SMILES string of the molecule is CCOC(=O)c1c(NC(=O)CSc2nnc(CNC(=O)Cc3ccc(OC)cc3)n2-c2ccc(F)cc2)sc2c1CCCCC2. The number of halogens is 1. The zero-order valence-corrected chi connectivity index (χ0v) is 26.7. The summed E-state index contributed by atoms with van der Waals surface area (Å²) in [5.41, 5.74) is 2.84. The standard InChI is InChI=1S/C32H34FN5O5S2/c1-3-43-31(41)29-24-7-5-4-6-8-25(24)45-30(29)35-28(40)19-44-32-37-36-26(38(32)22-13-11-21(33)12-14-22)18-34-27(39)17-20-9-15-23(42-2)16-10-20/h9-16H,3-8,17-19H2,1-2H3,(H,34,39)(H,35,40). The number of ether oxygens (including phenoxy) is 2. The number of hydrogen-bond donors (Lipinski definition) is 2. The lowest BCUT2D eigenvalue weighted by atomic mass is 10.1. The molecule has 236 valence electrons. The molecule has 0 aliphatic heterocycles. The predicted molar refractivity (Wildman–Crippen MR) is 171 cm³/mol. The monoisotopic (exact) mass is 651 g/mol. The van der Waals surface area contributed by atoms with Crippen LogP contribution in [0.3, 0.4) is 0 Å². The normalized spacial score (nSPS) is 12.6. The summed E-state index contributed by atoms with van der Waals surface area (Å²) >= 11 is 2.58. The molecule has 45 heavy (non-hydrogen) atoms. The number of methoxy groups -OCH3 is 1. The van der Waals surface area contributed by atoms with Crippen LogP contribution in [0.25, 0.3) is 5.69 Å². The number of amides is 2. The first-order valence-electron chi connectivity index (χ1n) is 14.7. The van der Waals surface area contributed by atoms with Crippen LogP contribution in [0.15, 0.2) is 53.7 Å². The third-order valence-electron chi connectivity index (χ3n) is 7.24. The minimum absolute atomic E-state index is 0.0199. The Labute approximate surface area is 268 Å². The van der Waals surface area contributed by atoms with E-state index >= 15 is 0 Å². The summed E-state index contributed by atoms with van der Waals surface area (Å²) in [6.45, 7) is 2.07. The molecule has 4 aromatic rings. The maximum atomic E-state index is 13.7. The lowest BCUT2D eigenvalue weighted by molar-refractivity contribution is -0.120. The van der Waals surface area contributed by atoms with Crippen molar-refractivity contribution >= 4 is 45.9 Å². The number of carbonyl (C=O) groups is 3. The van der Waals surface area contributed by atoms with Crippen LogP contribution in [0.1, 0.15) is 58.4 Å². The minimum Gasteiger partial charge on any atom is -0.497 e. The molecule has 1 aliphatic carbocycles. The molecule has 2 heterocycles. The number of anilines is 1. The van der Waals surface area contributed by atoms with E-state index in [0.29, 0.717) is 33.0 Å². The lowest BCUT2D eigenvalue weighted by Gasteiger charge is -2.12. The van der Waals surface area contributed by atoms with Crippen LogP contribution >= 0.6 is 23.1 Å². The number of nitrogens with zero attached hydrogens (tertiary/aromatic N) is 3. The number of nitrogens with one attached hydrogen (secondary N) is 2. The van der Waals surface area contributed by atoms with Crippen molar-refractivity contribution in [3.05, 3.63) is 81.7 Å². The van der Waals surface area contributed by atoms with Gasteiger partial charge in [-0.05, 0) is 80.1 Å². The number of benzene rings is 2. The van der Waals surface area contributed by atoms with E-state index in [4.69, 9.17) is 9.47 Å². The number of esters is 1. The lowest BCUT2D eigenvalue weighted by Crippen LogP contribution is -2.26. The number of fused-ring (bicyclic) bond motifs is 1. The van der Waals surface area contributed by atoms with Crippen LogP contribution in [0, 0.1) is 5.82 Å². The van der Waals surface area contributed by atoms with Crippen molar-refractivity contribution in [2.75, 3.05) is 24.8 Å². The molecule has 1 aliphatic rings. The summed E-state index contributed by atoms with van der Waals surface area (Å²) in [6.07, 6.45) is 4.95. The maximum Gasteiger partial charge on any atom is 0.341 e. The Bertz CT molecular complexity index is 1650. The van der Waals surface area contributed by atoms with Gasteiger partial charge in [0.25, 0.3) is 0 Å². The van der Waals surface area contributed by atoms with Gasteiger partial charge >= 0.3 is 5.97 Å². The second kappa shape index (κ2) is 15.2. The Morgan fingerprint density at radius 3 is 2.49 bits per heavy atom. The highest BCUT2D eigenvalue weighted by molar-refractivity contribution is 7.99. The van der Waals surface area contributed by atoms with Gasteiger partial charge < -0.3 is 20.1 Å². The van der Waals surface area contributed by atoms with Crippen LogP contribution in [-0.2, 0) is 40.1 Å². The van der Waals surface area contributed by atoms with Crippen molar-refractivity contribution in [1.82, 2.24) is 20.1 Å². The molecule has 2 N–H and O–H groups in total. The highest BCUT2D eigenvalue weighted by Crippen LogP contribution is 2.38. The Morgan fingerprint density at radius 1 is 1.00 bits per heavy atom. The number of thiophene rings is 1. The third-order valence-corrected chi connectivity index (χ3v) is 9.37. The molecule has 0 unspecified atom stereocenters. The zero-order valence-electron chi connectivity index (χ0n) is 25.1. The highest BCUT2D eigenvalue weighted by atomic mass is 32.2. The highest BCUT2D eigenvalue weighted by Gasteiger charge is 2.27. The van der Waals surface area contributed by atoms with Crippen LogP contribution in [0.5, 0.6) is 5.75 Å². The Kier molecular flexibility index (Phi) is 10.8. The van der Waals surface area contributed by atoms with Crippen LogP contribution in [0.2, 0.25) is 0 Å². The number of aryl methyl sites for hydroxylation is 1. The van der Waals surface area contributed by atoms with Crippen molar-refractivity contribution in [2.45, 2.75) is 57.1 Å². The van der Waals surface area contributed by atoms with Crippen LogP contribution < -0.4 is 15.4 Å². The van der Waals surface area contributed by atoms with Gasteiger partial charge in [-0.25, -0.2) is 9.18 Å². The van der Waals surface area contributed by atoms with E-state index in [-0.39, 0.29) is 37.1 Å². The van der Waals surface area contributed by atoms with Gasteiger partial charge in [0.15, 0.2) is 11.0 Å². The van der Waals surface area contributed by atoms with Crippen LogP contribution in [-0.4, -0.2) is 52.0 Å². The molecule has 13 heteroatoms. The number of carbonyl (C=O) groups excluding carboxylic acids is 3. The molecule has 0 radical (unpaired) electrons. The molecule has 0 fully saturated rings. The van der Waals surface area contributed by atoms with Gasteiger partial charge in [-0.15, -0.1) is 21.5 Å². The van der Waals surface area contributed by atoms with Crippen molar-refractivity contribution in [1.29, 1.82) is 0 Å². The molecule has 2 amide bonds. The molecular formula is C32H34FN5O5S2. The molecule has 0 bridgehead atoms. The van der Waals surface area contributed by atoms with Gasteiger partial charge in [-0.1, -0.05) is 30.3 Å². The summed E-state index contributed by atoms with van der Waals surface area (Å²) in [6, 6.07) is 13.0. The molecular weight excluding hydrogens is 618 g/mol. The third kappa shape index (κ3) is 8.08. The Balaban J connectivity index is 1.29. The summed E-state index contributed by atoms with van der Waals surface area (Å²) in [5, 5.41) is 15.2. The molecule has 0 saturated carbocycles. The van der Waals surface area contributed by atoms with Crippen molar-refractivity contribution in [2.24, 2.45) is 0 Å². The number of thioether (sulfide) groups is 1. The average molecular weight is 652 g/mol. The number of rotatable bonds is 12. The fourth-order valence-electron chi connectivity index (χ4n) is 5.07. The Hall–Kier alpha value is -4.23.